The topological polar surface area (TPSA) is 123 Å². The standard InChI is InChI=1S/C19H28BrNO8/c1-11(2)13-10-28-18(25)21(13)17(24)12(3)16-14(23)9-15(20)19(26,29-16)5-4-7-27-8-6-22/h9,11-13,16,22,26H,4-8,10H2,1-3H3/t12-,13+,16+,19+/m0/s1. The summed E-state index contributed by atoms with van der Waals surface area (Å²) in [4.78, 5) is 38.6. The predicted molar refractivity (Wildman–Crippen MR) is 105 cm³/mol. The third-order valence-corrected chi connectivity index (χ3v) is 5.89. The molecule has 0 aromatic heterocycles. The van der Waals surface area contributed by atoms with Crippen molar-refractivity contribution in [2.24, 2.45) is 11.8 Å². The van der Waals surface area contributed by atoms with Gasteiger partial charge in [0.2, 0.25) is 5.91 Å². The quantitative estimate of drug-likeness (QED) is 0.477. The van der Waals surface area contributed by atoms with Crippen LogP contribution < -0.4 is 0 Å². The average molecular weight is 478 g/mol. The average Bonchev–Trinajstić information content (AvgIpc) is 3.05. The van der Waals surface area contributed by atoms with Crippen LogP contribution in [0.3, 0.4) is 0 Å². The normalized spacial score (nSPS) is 28.5. The molecule has 2 amide bonds. The van der Waals surface area contributed by atoms with Crippen LogP contribution in [-0.2, 0) is 23.8 Å². The van der Waals surface area contributed by atoms with Crippen molar-refractivity contribution in [3.63, 3.8) is 0 Å². The van der Waals surface area contributed by atoms with Crippen LogP contribution in [0.1, 0.15) is 33.6 Å². The highest BCUT2D eigenvalue weighted by Gasteiger charge is 2.48. The first-order chi connectivity index (χ1) is 13.6. The molecule has 1 fully saturated rings. The zero-order valence-electron chi connectivity index (χ0n) is 16.8. The summed E-state index contributed by atoms with van der Waals surface area (Å²) in [5.41, 5.74) is 0. The Morgan fingerprint density at radius 3 is 2.69 bits per heavy atom. The lowest BCUT2D eigenvalue weighted by Crippen LogP contribution is -2.52. The molecule has 0 spiro atoms. The molecule has 0 radical (unpaired) electrons. The Morgan fingerprint density at radius 1 is 1.38 bits per heavy atom. The van der Waals surface area contributed by atoms with E-state index in [0.717, 1.165) is 4.90 Å². The van der Waals surface area contributed by atoms with Gasteiger partial charge < -0.3 is 24.4 Å². The highest BCUT2D eigenvalue weighted by Crippen LogP contribution is 2.37. The number of ether oxygens (including phenoxy) is 3. The molecule has 2 rings (SSSR count). The van der Waals surface area contributed by atoms with Crippen molar-refractivity contribution in [3.05, 3.63) is 10.6 Å². The minimum atomic E-state index is -1.79. The fourth-order valence-corrected chi connectivity index (χ4v) is 3.80. The maximum Gasteiger partial charge on any atom is 0.416 e. The van der Waals surface area contributed by atoms with Crippen molar-refractivity contribution in [2.45, 2.75) is 51.5 Å². The molecule has 0 unspecified atom stereocenters. The van der Waals surface area contributed by atoms with Gasteiger partial charge in [0.25, 0.3) is 0 Å². The van der Waals surface area contributed by atoms with Crippen LogP contribution in [-0.4, -0.2) is 77.3 Å². The van der Waals surface area contributed by atoms with Crippen molar-refractivity contribution >= 4 is 33.7 Å². The first-order valence-electron chi connectivity index (χ1n) is 9.62. The number of cyclic esters (lactones) is 1. The highest BCUT2D eigenvalue weighted by molar-refractivity contribution is 9.11. The van der Waals surface area contributed by atoms with Gasteiger partial charge in [0, 0.05) is 13.0 Å². The van der Waals surface area contributed by atoms with E-state index in [-0.39, 0.29) is 43.2 Å². The monoisotopic (exact) mass is 477 g/mol. The van der Waals surface area contributed by atoms with Crippen LogP contribution >= 0.6 is 15.9 Å². The molecule has 2 N–H and O–H groups in total. The minimum Gasteiger partial charge on any atom is -0.447 e. The lowest BCUT2D eigenvalue weighted by Gasteiger charge is -2.38. The second-order valence-corrected chi connectivity index (χ2v) is 8.40. The zero-order chi connectivity index (χ0) is 21.8. The zero-order valence-corrected chi connectivity index (χ0v) is 18.4. The molecular formula is C19H28BrNO8. The molecule has 2 aliphatic heterocycles. The second kappa shape index (κ2) is 10.1. The van der Waals surface area contributed by atoms with Crippen molar-refractivity contribution in [3.8, 4) is 0 Å². The number of carbonyl (C=O) groups excluding carboxylic acids is 3. The summed E-state index contributed by atoms with van der Waals surface area (Å²) in [6.07, 6.45) is -0.267. The molecule has 10 heteroatoms. The molecule has 4 atom stereocenters. The number of imide groups is 1. The van der Waals surface area contributed by atoms with Crippen LogP contribution in [0.4, 0.5) is 4.79 Å². The molecule has 0 saturated carbocycles. The summed E-state index contributed by atoms with van der Waals surface area (Å²) in [6, 6.07) is -0.416. The van der Waals surface area contributed by atoms with Gasteiger partial charge in [-0.25, -0.2) is 9.69 Å². The number of ketones is 1. The third kappa shape index (κ3) is 5.43. The highest BCUT2D eigenvalue weighted by atomic mass is 79.9. The number of carbonyl (C=O) groups is 3. The number of nitrogens with zero attached hydrogens (tertiary/aromatic N) is 1. The third-order valence-electron chi connectivity index (χ3n) is 5.04. The van der Waals surface area contributed by atoms with Gasteiger partial charge in [-0.05, 0) is 34.3 Å². The Labute approximate surface area is 178 Å². The molecule has 29 heavy (non-hydrogen) atoms. The summed E-state index contributed by atoms with van der Waals surface area (Å²) < 4.78 is 16.0. The minimum absolute atomic E-state index is 0.00882. The fourth-order valence-electron chi connectivity index (χ4n) is 3.28. The first-order valence-corrected chi connectivity index (χ1v) is 10.4. The van der Waals surface area contributed by atoms with E-state index in [1.165, 1.54) is 13.0 Å². The Hall–Kier alpha value is -1.33. The molecule has 9 nitrogen and oxygen atoms in total. The Bertz CT molecular complexity index is 667. The summed E-state index contributed by atoms with van der Waals surface area (Å²) in [5, 5.41) is 19.6. The van der Waals surface area contributed by atoms with Gasteiger partial charge in [0.05, 0.1) is 29.7 Å². The van der Waals surface area contributed by atoms with E-state index in [9.17, 15) is 19.5 Å². The molecular weight excluding hydrogens is 450 g/mol. The molecule has 0 aromatic rings. The van der Waals surface area contributed by atoms with E-state index in [2.05, 4.69) is 15.9 Å². The van der Waals surface area contributed by atoms with Gasteiger partial charge in [-0.15, -0.1) is 0 Å². The molecule has 0 aliphatic carbocycles. The molecule has 2 aliphatic rings. The second-order valence-electron chi connectivity index (χ2n) is 7.54. The van der Waals surface area contributed by atoms with E-state index < -0.39 is 41.6 Å². The van der Waals surface area contributed by atoms with E-state index >= 15 is 0 Å². The maximum atomic E-state index is 13.0. The molecule has 0 bridgehead atoms. The van der Waals surface area contributed by atoms with Crippen LogP contribution in [0.2, 0.25) is 0 Å². The molecule has 2 heterocycles. The summed E-state index contributed by atoms with van der Waals surface area (Å²) in [6.45, 7) is 5.72. The smallest absolute Gasteiger partial charge is 0.416 e. The summed E-state index contributed by atoms with van der Waals surface area (Å²) >= 11 is 3.17. The number of hydrogen-bond donors (Lipinski definition) is 2. The fraction of sp³-hybridized carbons (Fsp3) is 0.737. The van der Waals surface area contributed by atoms with Gasteiger partial charge in [0.15, 0.2) is 11.6 Å². The largest absolute Gasteiger partial charge is 0.447 e. The van der Waals surface area contributed by atoms with Gasteiger partial charge in [0.1, 0.15) is 12.7 Å². The van der Waals surface area contributed by atoms with Crippen LogP contribution in [0.25, 0.3) is 0 Å². The number of hydrogen-bond acceptors (Lipinski definition) is 8. The Morgan fingerprint density at radius 2 is 2.07 bits per heavy atom. The van der Waals surface area contributed by atoms with Gasteiger partial charge in [-0.2, -0.15) is 0 Å². The number of halogens is 1. The Kier molecular flexibility index (Phi) is 8.36. The first kappa shape index (κ1) is 23.9. The van der Waals surface area contributed by atoms with Crippen LogP contribution in [0.15, 0.2) is 10.6 Å². The molecule has 0 aromatic carbocycles. The van der Waals surface area contributed by atoms with E-state index in [4.69, 9.17) is 19.3 Å². The van der Waals surface area contributed by atoms with Gasteiger partial charge in [-0.1, -0.05) is 20.8 Å². The number of aliphatic hydroxyl groups is 2. The SMILES string of the molecule is CC(C)[C@H]1COC(=O)N1C(=O)[C@@H](C)[C@H]1O[C@](O)(CCCOCCO)C(Br)=CC1=O. The van der Waals surface area contributed by atoms with E-state index in [1.807, 2.05) is 13.8 Å². The van der Waals surface area contributed by atoms with Gasteiger partial charge in [-0.3, -0.25) is 9.59 Å². The van der Waals surface area contributed by atoms with Crippen molar-refractivity contribution in [2.75, 3.05) is 26.4 Å². The van der Waals surface area contributed by atoms with Crippen LogP contribution in [0, 0.1) is 11.8 Å². The molecule has 1 saturated heterocycles. The maximum absolute atomic E-state index is 13.0. The summed E-state index contributed by atoms with van der Waals surface area (Å²) in [5.74, 6) is -3.86. The van der Waals surface area contributed by atoms with Crippen molar-refractivity contribution in [1.82, 2.24) is 4.90 Å². The van der Waals surface area contributed by atoms with Crippen LogP contribution in [0.5, 0.6) is 0 Å². The lowest BCUT2D eigenvalue weighted by atomic mass is 9.93. The van der Waals surface area contributed by atoms with Crippen molar-refractivity contribution in [1.29, 1.82) is 0 Å². The van der Waals surface area contributed by atoms with E-state index in [1.54, 1.807) is 0 Å². The number of rotatable bonds is 9. The Balaban J connectivity index is 2.11. The molecule has 164 valence electrons. The summed E-state index contributed by atoms with van der Waals surface area (Å²) in [7, 11) is 0. The number of aliphatic hydroxyl groups excluding tert-OH is 1. The van der Waals surface area contributed by atoms with E-state index in [0.29, 0.717) is 6.42 Å². The van der Waals surface area contributed by atoms with Gasteiger partial charge >= 0.3 is 6.09 Å². The lowest BCUT2D eigenvalue weighted by molar-refractivity contribution is -0.217. The number of amides is 2. The van der Waals surface area contributed by atoms with Crippen molar-refractivity contribution < 1.29 is 38.8 Å². The predicted octanol–water partition coefficient (Wildman–Crippen LogP) is 1.35.